The molecule has 0 N–H and O–H groups in total. The first-order chi connectivity index (χ1) is 50.8. The molecular formula is C95H68BN3. The van der Waals surface area contributed by atoms with Crippen molar-refractivity contribution in [3.05, 3.63) is 386 Å². The second-order valence-electron chi connectivity index (χ2n) is 27.5. The van der Waals surface area contributed by atoms with Crippen LogP contribution in [0.1, 0.15) is 55.4 Å². The minimum absolute atomic E-state index is 0.0408. The molecule has 0 spiro atoms. The van der Waals surface area contributed by atoms with Crippen LogP contribution in [-0.4, -0.2) is 11.3 Å². The third-order valence-corrected chi connectivity index (χ3v) is 21.1. The number of benzene rings is 15. The molecule has 466 valence electrons. The van der Waals surface area contributed by atoms with E-state index in [9.17, 15) is 2.74 Å². The van der Waals surface area contributed by atoms with Crippen LogP contribution in [0.3, 0.4) is 0 Å². The standard InChI is InChI=1S/C95H68BN3/c1-94(2,3)70-52-47-65(48-53-70)68-51-58-87-84(59-68)96-83-57-56-74(98-85-45-23-20-38-79(85)80-39-21-24-46-86(80)98)62-88(83)97(73-54-49-64(50-55-73)63-27-9-4-10-28-63)89-60-69(61-90(92(89)96)99(87)93-76(66-29-11-5-12-30-66)41-26-42-77(93)67-31-13-6-14-32-67)75-40-25-43-81-78-37-19-22-44-82(78)95(91(75)81,71-33-15-7-16-34-71)72-35-17-8-18-36-72/h4-62H,1-3H3/i4D,9D,10D,27D,28D. The average Bonchev–Trinajstić information content (AvgIpc) is 0.982. The van der Waals surface area contributed by atoms with Gasteiger partial charge in [0.05, 0.1) is 29.0 Å². The quantitative estimate of drug-likeness (QED) is 0.126. The van der Waals surface area contributed by atoms with E-state index in [-0.39, 0.29) is 41.9 Å². The van der Waals surface area contributed by atoms with Crippen LogP contribution in [0.4, 0.5) is 34.1 Å². The highest BCUT2D eigenvalue weighted by molar-refractivity contribution is 7.00. The second kappa shape index (κ2) is 23.0. The van der Waals surface area contributed by atoms with Crippen LogP contribution in [0.15, 0.2) is 358 Å². The summed E-state index contributed by atoms with van der Waals surface area (Å²) < 4.78 is 47.1. The summed E-state index contributed by atoms with van der Waals surface area (Å²) in [4.78, 5) is 5.05. The molecule has 0 saturated heterocycles. The largest absolute Gasteiger partial charge is 0.311 e. The summed E-state index contributed by atoms with van der Waals surface area (Å²) in [6.45, 7) is 6.46. The van der Waals surface area contributed by atoms with Crippen molar-refractivity contribution in [1.82, 2.24) is 4.57 Å². The zero-order chi connectivity index (χ0) is 70.3. The average molecular weight is 1270 g/mol. The Morgan fingerprint density at radius 3 is 1.46 bits per heavy atom. The third kappa shape index (κ3) is 9.13. The van der Waals surface area contributed by atoms with Crippen molar-refractivity contribution in [3.8, 4) is 72.4 Å². The third-order valence-electron chi connectivity index (χ3n) is 21.1. The molecule has 3 nitrogen and oxygen atoms in total. The topological polar surface area (TPSA) is 11.4 Å². The molecule has 0 bridgehead atoms. The number of aromatic nitrogens is 1. The van der Waals surface area contributed by atoms with Gasteiger partial charge in [-0.15, -0.1) is 0 Å². The van der Waals surface area contributed by atoms with E-state index >= 15 is 0 Å². The van der Waals surface area contributed by atoms with Gasteiger partial charge in [-0.05, 0) is 160 Å². The zero-order valence-electron chi connectivity index (χ0n) is 60.1. The monoisotopic (exact) mass is 1270 g/mol. The van der Waals surface area contributed by atoms with E-state index in [4.69, 9.17) is 4.11 Å². The summed E-state index contributed by atoms with van der Waals surface area (Å²) in [6, 6.07) is 119. The van der Waals surface area contributed by atoms with E-state index in [1.807, 2.05) is 12.1 Å². The summed E-state index contributed by atoms with van der Waals surface area (Å²) in [5.41, 5.74) is 29.3. The molecule has 1 aliphatic carbocycles. The lowest BCUT2D eigenvalue weighted by Crippen LogP contribution is -2.61. The maximum Gasteiger partial charge on any atom is 0.252 e. The van der Waals surface area contributed by atoms with Crippen LogP contribution in [0, 0.1) is 0 Å². The van der Waals surface area contributed by atoms with E-state index in [1.165, 1.54) is 38.9 Å². The van der Waals surface area contributed by atoms with E-state index in [0.717, 1.165) is 123 Å². The molecule has 4 heteroatoms. The van der Waals surface area contributed by atoms with Gasteiger partial charge in [0, 0.05) is 56.0 Å². The molecule has 19 rings (SSSR count). The van der Waals surface area contributed by atoms with Gasteiger partial charge in [0.1, 0.15) is 0 Å². The molecular weight excluding hydrogens is 1190 g/mol. The van der Waals surface area contributed by atoms with Crippen LogP contribution in [0.25, 0.3) is 94.3 Å². The van der Waals surface area contributed by atoms with Gasteiger partial charge in [-0.1, -0.05) is 324 Å². The number of nitrogens with zero attached hydrogens (tertiary/aromatic N) is 3. The maximum atomic E-state index is 9.24. The normalized spacial score (nSPS) is 13.9. The first-order valence-electron chi connectivity index (χ1n) is 36.8. The van der Waals surface area contributed by atoms with Gasteiger partial charge in [0.25, 0.3) is 6.71 Å². The molecule has 2 aliphatic heterocycles. The number of fused-ring (bicyclic) bond motifs is 10. The van der Waals surface area contributed by atoms with Crippen molar-refractivity contribution in [2.24, 2.45) is 0 Å². The van der Waals surface area contributed by atoms with E-state index in [1.54, 1.807) is 0 Å². The molecule has 3 aliphatic rings. The Labute approximate surface area is 586 Å². The van der Waals surface area contributed by atoms with Gasteiger partial charge in [-0.2, -0.15) is 0 Å². The van der Waals surface area contributed by atoms with Crippen molar-refractivity contribution in [2.45, 2.75) is 31.6 Å². The Hall–Kier alpha value is -12.2. The Morgan fingerprint density at radius 2 is 0.838 bits per heavy atom. The predicted octanol–water partition coefficient (Wildman–Crippen LogP) is 22.9. The van der Waals surface area contributed by atoms with Crippen LogP contribution < -0.4 is 26.2 Å². The number of rotatable bonds is 10. The van der Waals surface area contributed by atoms with Gasteiger partial charge >= 0.3 is 0 Å². The number of hydrogen-bond acceptors (Lipinski definition) is 2. The molecule has 1 aromatic heterocycles. The molecule has 3 heterocycles. The van der Waals surface area contributed by atoms with Crippen molar-refractivity contribution < 1.29 is 6.85 Å². The van der Waals surface area contributed by atoms with E-state index in [0.29, 0.717) is 5.56 Å². The summed E-state index contributed by atoms with van der Waals surface area (Å²) in [5.74, 6) is 0. The van der Waals surface area contributed by atoms with Crippen molar-refractivity contribution in [1.29, 1.82) is 0 Å². The van der Waals surface area contributed by atoms with Gasteiger partial charge < -0.3 is 14.4 Å². The molecule has 0 radical (unpaired) electrons. The molecule has 15 aromatic carbocycles. The van der Waals surface area contributed by atoms with Gasteiger partial charge in [0.15, 0.2) is 0 Å². The fraction of sp³-hybridized carbons (Fsp3) is 0.0526. The fourth-order valence-electron chi connectivity index (χ4n) is 16.7. The molecule has 99 heavy (non-hydrogen) atoms. The highest BCUT2D eigenvalue weighted by atomic mass is 15.2. The Bertz CT molecular complexity index is 5970. The van der Waals surface area contributed by atoms with Crippen molar-refractivity contribution >= 4 is 79.0 Å². The lowest BCUT2D eigenvalue weighted by Gasteiger charge is -2.45. The van der Waals surface area contributed by atoms with E-state index in [2.05, 4.69) is 351 Å². The molecule has 16 aromatic rings. The first kappa shape index (κ1) is 53.0. The van der Waals surface area contributed by atoms with Gasteiger partial charge in [-0.3, -0.25) is 0 Å². The fourth-order valence-corrected chi connectivity index (χ4v) is 16.7. The first-order valence-corrected chi connectivity index (χ1v) is 34.3. The van der Waals surface area contributed by atoms with Crippen LogP contribution in [-0.2, 0) is 10.8 Å². The SMILES string of the molecule is [2H]c1c([2H])c([2H])c(-c2ccc(N3c4cc(-n5c6ccccc6c6ccccc65)ccc4B4c5cc(-c6ccc(C(C)(C)C)cc6)ccc5N(c5c(-c6ccccc6)cccc5-c5ccccc5)c5cc(-c6cccc7c6C(c6ccccc6)(c6ccccc6)c6ccccc6-7)cc3c54)cc2)c([2H])c1[2H]. The lowest BCUT2D eigenvalue weighted by atomic mass is 9.33. The van der Waals surface area contributed by atoms with Crippen LogP contribution in [0.2, 0.25) is 0 Å². The predicted molar refractivity (Wildman–Crippen MR) is 418 cm³/mol. The van der Waals surface area contributed by atoms with E-state index < -0.39 is 11.5 Å². The lowest BCUT2D eigenvalue weighted by molar-refractivity contribution is 0.590. The second-order valence-corrected chi connectivity index (χ2v) is 27.5. The Morgan fingerprint density at radius 1 is 0.333 bits per heavy atom. The molecule has 0 saturated carbocycles. The zero-order valence-corrected chi connectivity index (χ0v) is 55.1. The Kier molecular flexibility index (Phi) is 12.3. The maximum absolute atomic E-state index is 9.24. The van der Waals surface area contributed by atoms with Gasteiger partial charge in [0.2, 0.25) is 0 Å². The highest BCUT2D eigenvalue weighted by Crippen LogP contribution is 2.60. The van der Waals surface area contributed by atoms with Gasteiger partial charge in [-0.25, -0.2) is 0 Å². The smallest absolute Gasteiger partial charge is 0.252 e. The summed E-state index contributed by atoms with van der Waals surface area (Å²) >= 11 is 0. The van der Waals surface area contributed by atoms with Crippen molar-refractivity contribution in [3.63, 3.8) is 0 Å². The highest BCUT2D eigenvalue weighted by Gasteiger charge is 2.49. The molecule has 0 unspecified atom stereocenters. The minimum atomic E-state index is -0.766. The summed E-state index contributed by atoms with van der Waals surface area (Å²) in [7, 11) is 0. The summed E-state index contributed by atoms with van der Waals surface area (Å²) in [5, 5.41) is 2.32. The number of para-hydroxylation sites is 3. The van der Waals surface area contributed by atoms with Crippen LogP contribution >= 0.6 is 0 Å². The minimum Gasteiger partial charge on any atom is -0.311 e. The molecule has 0 amide bonds. The number of anilines is 6. The molecule has 0 fully saturated rings. The number of hydrogen-bond donors (Lipinski definition) is 0. The van der Waals surface area contributed by atoms with Crippen LogP contribution in [0.5, 0.6) is 0 Å². The summed E-state index contributed by atoms with van der Waals surface area (Å²) in [6.07, 6.45) is 0. The Balaban J connectivity index is 0.976. The van der Waals surface area contributed by atoms with Crippen molar-refractivity contribution in [2.75, 3.05) is 9.80 Å². The molecule has 0 atom stereocenters.